The molecule has 2 aromatic rings. The van der Waals surface area contributed by atoms with Gasteiger partial charge in [-0.25, -0.2) is 9.71 Å². The molecule has 2 aliphatic carbocycles. The van der Waals surface area contributed by atoms with Crippen LogP contribution >= 0.6 is 27.9 Å². The summed E-state index contributed by atoms with van der Waals surface area (Å²) in [7, 11) is 0. The van der Waals surface area contributed by atoms with Crippen LogP contribution in [-0.4, -0.2) is 30.8 Å². The Kier molecular flexibility index (Phi) is 10.8. The number of hydrogen-bond donors (Lipinski definition) is 2. The van der Waals surface area contributed by atoms with Gasteiger partial charge in [-0.2, -0.15) is 8.78 Å². The Morgan fingerprint density at radius 2 is 1.74 bits per heavy atom. The van der Waals surface area contributed by atoms with Crippen LogP contribution in [0.2, 0.25) is 0 Å². The molecular formula is C29H36BrF2N3O2S. The number of halogens is 3. The standard InChI is InChI=1S/C29H36BrF2N3O2S/c30-23-10-8-22(9-11-23)29(31,32)27(28(36)34-17-16-24(33)18-20-6-3-7-20)35-38-26-14-12-25(13-15-26)37-19-21-4-1-2-5-21/h8-15,17,20-21,24,27,35H,1-7,16,18-19,33H2. The Labute approximate surface area is 236 Å². The van der Waals surface area contributed by atoms with E-state index in [1.807, 2.05) is 12.1 Å². The van der Waals surface area contributed by atoms with Crippen LogP contribution in [0.25, 0.3) is 0 Å². The van der Waals surface area contributed by atoms with Crippen molar-refractivity contribution >= 4 is 40.0 Å². The number of benzene rings is 2. The zero-order valence-electron chi connectivity index (χ0n) is 21.5. The van der Waals surface area contributed by atoms with E-state index in [-0.39, 0.29) is 11.6 Å². The van der Waals surface area contributed by atoms with Gasteiger partial charge in [0.1, 0.15) is 5.75 Å². The third kappa shape index (κ3) is 8.34. The van der Waals surface area contributed by atoms with Gasteiger partial charge in [0.15, 0.2) is 6.04 Å². The highest BCUT2D eigenvalue weighted by atomic mass is 79.9. The monoisotopic (exact) mass is 607 g/mol. The third-order valence-corrected chi connectivity index (χ3v) is 8.80. The van der Waals surface area contributed by atoms with Crippen molar-refractivity contribution in [3.8, 4) is 5.75 Å². The van der Waals surface area contributed by atoms with E-state index in [4.69, 9.17) is 10.5 Å². The lowest BCUT2D eigenvalue weighted by Gasteiger charge is -2.27. The molecule has 2 saturated carbocycles. The minimum atomic E-state index is -3.49. The van der Waals surface area contributed by atoms with E-state index in [1.165, 1.54) is 75.4 Å². The van der Waals surface area contributed by atoms with Gasteiger partial charge in [0.2, 0.25) is 0 Å². The topological polar surface area (TPSA) is 76.7 Å². The van der Waals surface area contributed by atoms with Crippen molar-refractivity contribution in [2.75, 3.05) is 6.61 Å². The van der Waals surface area contributed by atoms with Gasteiger partial charge < -0.3 is 10.5 Å². The average molecular weight is 609 g/mol. The number of hydrogen-bond acceptors (Lipinski definition) is 5. The first-order chi connectivity index (χ1) is 18.3. The molecule has 206 valence electrons. The molecule has 1 amide bonds. The summed E-state index contributed by atoms with van der Waals surface area (Å²) in [5, 5.41) is 0. The van der Waals surface area contributed by atoms with Crippen LogP contribution in [0.5, 0.6) is 5.75 Å². The molecule has 0 aromatic heterocycles. The van der Waals surface area contributed by atoms with Gasteiger partial charge in [-0.15, -0.1) is 0 Å². The number of carbonyl (C=O) groups is 1. The molecule has 0 heterocycles. The van der Waals surface area contributed by atoms with Gasteiger partial charge in [-0.1, -0.05) is 60.2 Å². The molecule has 3 N–H and O–H groups in total. The van der Waals surface area contributed by atoms with E-state index in [2.05, 4.69) is 25.6 Å². The highest BCUT2D eigenvalue weighted by molar-refractivity contribution is 9.10. The molecule has 4 rings (SSSR count). The molecule has 2 atom stereocenters. The van der Waals surface area contributed by atoms with Crippen molar-refractivity contribution in [1.82, 2.24) is 4.72 Å². The molecule has 9 heteroatoms. The number of nitrogens with zero attached hydrogens (tertiary/aromatic N) is 1. The molecule has 0 radical (unpaired) electrons. The van der Waals surface area contributed by atoms with Crippen molar-refractivity contribution in [2.45, 2.75) is 80.7 Å². The van der Waals surface area contributed by atoms with E-state index < -0.39 is 17.9 Å². The lowest BCUT2D eigenvalue weighted by molar-refractivity contribution is -0.130. The largest absolute Gasteiger partial charge is 0.493 e. The van der Waals surface area contributed by atoms with Crippen LogP contribution < -0.4 is 15.2 Å². The van der Waals surface area contributed by atoms with Crippen molar-refractivity contribution in [1.29, 1.82) is 0 Å². The minimum absolute atomic E-state index is 0.126. The Morgan fingerprint density at radius 1 is 1.08 bits per heavy atom. The molecule has 0 spiro atoms. The first-order valence-electron chi connectivity index (χ1n) is 13.4. The number of amides is 1. The summed E-state index contributed by atoms with van der Waals surface area (Å²) in [4.78, 5) is 17.5. The molecule has 2 fully saturated rings. The molecule has 2 aliphatic rings. The van der Waals surface area contributed by atoms with E-state index in [9.17, 15) is 4.79 Å². The van der Waals surface area contributed by atoms with Crippen molar-refractivity contribution < 1.29 is 18.3 Å². The minimum Gasteiger partial charge on any atom is -0.493 e. The lowest BCUT2D eigenvalue weighted by Crippen LogP contribution is -2.45. The summed E-state index contributed by atoms with van der Waals surface area (Å²) in [6.45, 7) is 0.697. The second kappa shape index (κ2) is 14.0. The van der Waals surface area contributed by atoms with Crippen LogP contribution in [0, 0.1) is 11.8 Å². The molecular weight excluding hydrogens is 572 g/mol. The van der Waals surface area contributed by atoms with Gasteiger partial charge in [0.05, 0.1) is 6.61 Å². The fourth-order valence-electron chi connectivity index (χ4n) is 4.85. The quantitative estimate of drug-likeness (QED) is 0.185. The summed E-state index contributed by atoms with van der Waals surface area (Å²) in [5.74, 6) is -2.44. The Hall–Kier alpha value is -1.81. The summed E-state index contributed by atoms with van der Waals surface area (Å²) in [6.07, 6.45) is 11.2. The molecule has 2 aromatic carbocycles. The third-order valence-electron chi connectivity index (χ3n) is 7.40. The van der Waals surface area contributed by atoms with Crippen LogP contribution in [0.15, 0.2) is 62.9 Å². The molecule has 2 unspecified atom stereocenters. The number of rotatable bonds is 13. The average Bonchev–Trinajstić information content (AvgIpc) is 3.40. The van der Waals surface area contributed by atoms with Gasteiger partial charge >= 0.3 is 0 Å². The van der Waals surface area contributed by atoms with E-state index in [1.54, 1.807) is 12.1 Å². The molecule has 0 bridgehead atoms. The fourth-order valence-corrected chi connectivity index (χ4v) is 5.88. The predicted octanol–water partition coefficient (Wildman–Crippen LogP) is 7.28. The highest BCUT2D eigenvalue weighted by Crippen LogP contribution is 2.35. The van der Waals surface area contributed by atoms with Gasteiger partial charge in [-0.05, 0) is 85.9 Å². The van der Waals surface area contributed by atoms with Crippen LogP contribution in [0.1, 0.15) is 63.4 Å². The van der Waals surface area contributed by atoms with E-state index in [0.29, 0.717) is 34.2 Å². The van der Waals surface area contributed by atoms with Crippen molar-refractivity contribution in [3.05, 3.63) is 58.6 Å². The first kappa shape index (κ1) is 29.2. The van der Waals surface area contributed by atoms with E-state index >= 15 is 8.78 Å². The summed E-state index contributed by atoms with van der Waals surface area (Å²) < 4.78 is 40.5. The molecule has 5 nitrogen and oxygen atoms in total. The van der Waals surface area contributed by atoms with Crippen molar-refractivity contribution in [2.24, 2.45) is 22.6 Å². The van der Waals surface area contributed by atoms with Crippen LogP contribution in [0.3, 0.4) is 0 Å². The zero-order valence-corrected chi connectivity index (χ0v) is 23.9. The summed E-state index contributed by atoms with van der Waals surface area (Å²) >= 11 is 4.25. The van der Waals surface area contributed by atoms with Gasteiger partial charge in [0, 0.05) is 27.2 Å². The maximum Gasteiger partial charge on any atom is 0.298 e. The van der Waals surface area contributed by atoms with Gasteiger partial charge in [0.25, 0.3) is 11.8 Å². The fraction of sp³-hybridized carbons (Fsp3) is 0.517. The number of aliphatic imine (C=N–C) groups is 1. The smallest absolute Gasteiger partial charge is 0.298 e. The second-order valence-electron chi connectivity index (χ2n) is 10.4. The second-order valence-corrected chi connectivity index (χ2v) is 12.2. The first-order valence-corrected chi connectivity index (χ1v) is 15.0. The van der Waals surface area contributed by atoms with Crippen molar-refractivity contribution in [3.63, 3.8) is 0 Å². The molecule has 38 heavy (non-hydrogen) atoms. The van der Waals surface area contributed by atoms with Crippen LogP contribution in [0.4, 0.5) is 8.78 Å². The SMILES string of the molecule is NC(CC=NC(=O)C(NSc1ccc(OCC2CCCC2)cc1)C(F)(F)c1ccc(Br)cc1)CC1CCC1. The number of nitrogens with two attached hydrogens (primary N) is 1. The number of alkyl halides is 2. The summed E-state index contributed by atoms with van der Waals surface area (Å²) in [6, 6.07) is 10.9. The number of nitrogens with one attached hydrogen (secondary N) is 1. The summed E-state index contributed by atoms with van der Waals surface area (Å²) in [5.41, 5.74) is 5.89. The Bertz CT molecular complexity index is 1060. The Balaban J connectivity index is 1.39. The van der Waals surface area contributed by atoms with Crippen LogP contribution in [-0.2, 0) is 10.7 Å². The molecule has 0 aliphatic heterocycles. The lowest BCUT2D eigenvalue weighted by atomic mass is 9.80. The number of ether oxygens (including phenoxy) is 1. The van der Waals surface area contributed by atoms with Gasteiger partial charge in [-0.3, -0.25) is 4.79 Å². The maximum absolute atomic E-state index is 15.6. The highest BCUT2D eigenvalue weighted by Gasteiger charge is 2.46. The predicted molar refractivity (Wildman–Crippen MR) is 153 cm³/mol. The molecule has 0 saturated heterocycles. The Morgan fingerprint density at radius 3 is 2.37 bits per heavy atom. The zero-order chi connectivity index (χ0) is 27.0. The maximum atomic E-state index is 15.6. The number of carbonyl (C=O) groups excluding carboxylic acids is 1. The normalized spacial score (nSPS) is 18.4. The van der Waals surface area contributed by atoms with E-state index in [0.717, 1.165) is 24.1 Å².